The van der Waals surface area contributed by atoms with Crippen molar-refractivity contribution < 1.29 is 24.6 Å². The van der Waals surface area contributed by atoms with Gasteiger partial charge in [0.05, 0.1) is 24.0 Å². The molecular formula is C26H23BrN4O5. The summed E-state index contributed by atoms with van der Waals surface area (Å²) in [4.78, 5) is 37.3. The number of nitrogens with zero attached hydrogens (tertiary/aromatic N) is 2. The second kappa shape index (κ2) is 10.5. The first-order valence-corrected chi connectivity index (χ1v) is 11.7. The van der Waals surface area contributed by atoms with Gasteiger partial charge in [0.1, 0.15) is 11.4 Å². The molecule has 0 aliphatic carbocycles. The number of hydrogen-bond donors (Lipinski definition) is 4. The van der Waals surface area contributed by atoms with E-state index < -0.39 is 11.9 Å². The van der Waals surface area contributed by atoms with E-state index in [1.165, 1.54) is 24.4 Å². The lowest BCUT2D eigenvalue weighted by Crippen LogP contribution is -2.34. The number of aliphatic carboxylic acids is 1. The Hall–Kier alpha value is -4.31. The van der Waals surface area contributed by atoms with Gasteiger partial charge in [-0.15, -0.1) is 0 Å². The van der Waals surface area contributed by atoms with E-state index in [-0.39, 0.29) is 29.5 Å². The molecule has 0 unspecified atom stereocenters. The van der Waals surface area contributed by atoms with Crippen LogP contribution in [-0.4, -0.2) is 40.1 Å². The average molecular weight is 551 g/mol. The number of carbonyl (C=O) groups excluding carboxylic acids is 2. The minimum Gasteiger partial charge on any atom is -0.508 e. The molecule has 0 radical (unpaired) electrons. The largest absolute Gasteiger partial charge is 0.508 e. The number of anilines is 1. The van der Waals surface area contributed by atoms with E-state index >= 15 is 0 Å². The Morgan fingerprint density at radius 2 is 1.81 bits per heavy atom. The summed E-state index contributed by atoms with van der Waals surface area (Å²) in [7, 11) is 1.81. The van der Waals surface area contributed by atoms with Crippen molar-refractivity contribution in [1.29, 1.82) is 0 Å². The number of para-hydroxylation sites is 1. The molecule has 4 N–H and O–H groups in total. The van der Waals surface area contributed by atoms with Crippen LogP contribution >= 0.6 is 15.9 Å². The molecular weight excluding hydrogens is 528 g/mol. The average Bonchev–Trinajstić information content (AvgIpc) is 3.17. The second-order valence-corrected chi connectivity index (χ2v) is 8.95. The van der Waals surface area contributed by atoms with Crippen LogP contribution in [-0.2, 0) is 17.9 Å². The predicted molar refractivity (Wildman–Crippen MR) is 137 cm³/mol. The lowest BCUT2D eigenvalue weighted by molar-refractivity contribution is -0.133. The minimum atomic E-state index is -1.29. The van der Waals surface area contributed by atoms with Crippen molar-refractivity contribution in [3.63, 3.8) is 0 Å². The number of fused-ring (bicyclic) bond motifs is 1. The van der Waals surface area contributed by atoms with Gasteiger partial charge in [-0.05, 0) is 63.5 Å². The summed E-state index contributed by atoms with van der Waals surface area (Å²) in [5.41, 5.74) is 2.91. The summed E-state index contributed by atoms with van der Waals surface area (Å²) < 4.78 is 0.334. The fourth-order valence-electron chi connectivity index (χ4n) is 3.78. The van der Waals surface area contributed by atoms with Crippen molar-refractivity contribution in [1.82, 2.24) is 15.6 Å². The molecule has 1 heterocycles. The third-order valence-corrected chi connectivity index (χ3v) is 6.31. The molecule has 3 aromatic carbocycles. The summed E-state index contributed by atoms with van der Waals surface area (Å²) >= 11 is 3.31. The number of amides is 2. The summed E-state index contributed by atoms with van der Waals surface area (Å²) in [6.45, 7) is 0.685. The van der Waals surface area contributed by atoms with Gasteiger partial charge >= 0.3 is 5.97 Å². The van der Waals surface area contributed by atoms with E-state index in [0.29, 0.717) is 16.6 Å². The molecule has 10 heteroatoms. The number of phenols is 1. The maximum absolute atomic E-state index is 12.9. The number of aromatic hydroxyl groups is 1. The lowest BCUT2D eigenvalue weighted by atomic mass is 10.1. The van der Waals surface area contributed by atoms with E-state index in [4.69, 9.17) is 0 Å². The van der Waals surface area contributed by atoms with Crippen molar-refractivity contribution in [2.75, 3.05) is 12.1 Å². The second-order valence-electron chi connectivity index (χ2n) is 8.10. The van der Waals surface area contributed by atoms with E-state index in [1.807, 2.05) is 36.3 Å². The molecule has 0 saturated carbocycles. The molecule has 3 aromatic rings. The Morgan fingerprint density at radius 1 is 1.03 bits per heavy atom. The van der Waals surface area contributed by atoms with Crippen LogP contribution in [0.4, 0.5) is 5.69 Å². The van der Waals surface area contributed by atoms with Gasteiger partial charge in [-0.1, -0.05) is 30.3 Å². The topological polar surface area (TPSA) is 122 Å². The molecule has 4 rings (SSSR count). The number of carboxylic acid groups (broad SMARTS) is 1. The molecule has 9 nitrogen and oxygen atoms in total. The summed E-state index contributed by atoms with van der Waals surface area (Å²) in [6.07, 6.45) is 1.37. The lowest BCUT2D eigenvalue weighted by Gasteiger charge is -2.25. The molecule has 0 fully saturated rings. The Labute approximate surface area is 215 Å². The number of hydrazine groups is 1. The van der Waals surface area contributed by atoms with E-state index in [9.17, 15) is 24.6 Å². The van der Waals surface area contributed by atoms with Gasteiger partial charge in [0.25, 0.3) is 11.8 Å². The zero-order valence-electron chi connectivity index (χ0n) is 19.2. The monoisotopic (exact) mass is 550 g/mol. The molecule has 0 bridgehead atoms. The Morgan fingerprint density at radius 3 is 2.50 bits per heavy atom. The summed E-state index contributed by atoms with van der Waals surface area (Å²) in [6, 6.07) is 18.7. The third-order valence-electron chi connectivity index (χ3n) is 5.65. The molecule has 0 saturated heterocycles. The molecule has 0 atom stereocenters. The number of hydrogen-bond acceptors (Lipinski definition) is 6. The first kappa shape index (κ1) is 24.8. The highest BCUT2D eigenvalue weighted by Gasteiger charge is 2.24. The van der Waals surface area contributed by atoms with Crippen LogP contribution in [0.25, 0.3) is 0 Å². The van der Waals surface area contributed by atoms with E-state index in [2.05, 4.69) is 26.6 Å². The van der Waals surface area contributed by atoms with Crippen LogP contribution < -0.4 is 15.6 Å². The number of rotatable bonds is 7. The summed E-state index contributed by atoms with van der Waals surface area (Å²) in [5, 5.41) is 27.9. The van der Waals surface area contributed by atoms with Gasteiger partial charge in [0.15, 0.2) is 0 Å². The number of carbonyl (C=O) groups is 3. The van der Waals surface area contributed by atoms with Gasteiger partial charge in [0, 0.05) is 23.6 Å². The van der Waals surface area contributed by atoms with Gasteiger partial charge in [-0.2, -0.15) is 0 Å². The Balaban J connectivity index is 1.44. The highest BCUT2D eigenvalue weighted by molar-refractivity contribution is 9.10. The SMILES string of the molecule is CN1c2ccccc2CN1C=C(NC(=O)c1ccc(C(=O)NCc2cccc(O)c2)cc1Br)C(=O)O. The molecule has 36 heavy (non-hydrogen) atoms. The Kier molecular flexibility index (Phi) is 7.25. The minimum absolute atomic E-state index is 0.107. The highest BCUT2D eigenvalue weighted by atomic mass is 79.9. The number of halogens is 1. The van der Waals surface area contributed by atoms with Gasteiger partial charge in [0.2, 0.25) is 0 Å². The smallest absolute Gasteiger partial charge is 0.354 e. The first-order valence-electron chi connectivity index (χ1n) is 10.9. The highest BCUT2D eigenvalue weighted by Crippen LogP contribution is 2.30. The fourth-order valence-corrected chi connectivity index (χ4v) is 4.34. The standard InChI is InChI=1S/C26H23BrN4O5/c1-30-23-8-3-2-6-18(23)14-31(30)15-22(26(35)36)29-25(34)20-10-9-17(12-21(20)27)24(33)28-13-16-5-4-7-19(32)11-16/h2-12,15,32H,13-14H2,1H3,(H,28,33)(H,29,34)(H,35,36). The van der Waals surface area contributed by atoms with Crippen molar-refractivity contribution in [2.24, 2.45) is 0 Å². The quantitative estimate of drug-likeness (QED) is 0.331. The number of benzene rings is 3. The van der Waals surface area contributed by atoms with Crippen molar-refractivity contribution in [2.45, 2.75) is 13.1 Å². The van der Waals surface area contributed by atoms with Crippen LogP contribution in [0, 0.1) is 0 Å². The normalized spacial score (nSPS) is 12.8. The predicted octanol–water partition coefficient (Wildman–Crippen LogP) is 3.61. The number of phenolic OH excluding ortho intramolecular Hbond substituents is 1. The molecule has 184 valence electrons. The molecule has 0 aromatic heterocycles. The molecule has 2 amide bonds. The first-order chi connectivity index (χ1) is 17.2. The fraction of sp³-hybridized carbons (Fsp3) is 0.115. The van der Waals surface area contributed by atoms with Crippen molar-refractivity contribution in [3.05, 3.63) is 105 Å². The zero-order chi connectivity index (χ0) is 25.8. The van der Waals surface area contributed by atoms with E-state index in [0.717, 1.165) is 16.8 Å². The van der Waals surface area contributed by atoms with Crippen molar-refractivity contribution in [3.8, 4) is 5.75 Å². The van der Waals surface area contributed by atoms with Gasteiger partial charge in [-0.25, -0.2) is 4.79 Å². The van der Waals surface area contributed by atoms with Crippen LogP contribution in [0.2, 0.25) is 0 Å². The molecule has 1 aliphatic heterocycles. The van der Waals surface area contributed by atoms with Crippen LogP contribution in [0.1, 0.15) is 31.8 Å². The zero-order valence-corrected chi connectivity index (χ0v) is 20.8. The van der Waals surface area contributed by atoms with E-state index in [1.54, 1.807) is 29.3 Å². The molecule has 1 aliphatic rings. The molecule has 0 spiro atoms. The number of nitrogens with one attached hydrogen (secondary N) is 2. The maximum atomic E-state index is 12.9. The van der Waals surface area contributed by atoms with Gasteiger partial charge < -0.3 is 20.8 Å². The maximum Gasteiger partial charge on any atom is 0.354 e. The van der Waals surface area contributed by atoms with Crippen LogP contribution in [0.5, 0.6) is 5.75 Å². The summed E-state index contributed by atoms with van der Waals surface area (Å²) in [5.74, 6) is -2.18. The third kappa shape index (κ3) is 5.49. The van der Waals surface area contributed by atoms with Crippen LogP contribution in [0.15, 0.2) is 83.1 Å². The van der Waals surface area contributed by atoms with Crippen LogP contribution in [0.3, 0.4) is 0 Å². The number of carboxylic acids is 1. The van der Waals surface area contributed by atoms with Gasteiger partial charge in [-0.3, -0.25) is 19.6 Å². The Bertz CT molecular complexity index is 1370. The van der Waals surface area contributed by atoms with Crippen molar-refractivity contribution >= 4 is 39.4 Å².